The number of halogens is 1. The van der Waals surface area contributed by atoms with Gasteiger partial charge in [0.1, 0.15) is 0 Å². The van der Waals surface area contributed by atoms with Crippen LogP contribution in [0.1, 0.15) is 12.1 Å². The van der Waals surface area contributed by atoms with Crippen LogP contribution in [0.5, 0.6) is 0 Å². The lowest BCUT2D eigenvalue weighted by Gasteiger charge is -2.06. The van der Waals surface area contributed by atoms with E-state index in [-0.39, 0.29) is 0 Å². The average molecular weight is 237 g/mol. The summed E-state index contributed by atoms with van der Waals surface area (Å²) in [7, 11) is 0. The van der Waals surface area contributed by atoms with Crippen molar-refractivity contribution in [2.24, 2.45) is 5.73 Å². The van der Waals surface area contributed by atoms with Gasteiger partial charge >= 0.3 is 0 Å². The lowest BCUT2D eigenvalue weighted by molar-refractivity contribution is 0.815. The first kappa shape index (κ1) is 11.1. The molecular weight excluding hydrogens is 224 g/mol. The molecule has 1 aromatic carbocycles. The van der Waals surface area contributed by atoms with Gasteiger partial charge in [0.2, 0.25) is 5.95 Å². The van der Waals surface area contributed by atoms with E-state index in [1.807, 2.05) is 12.1 Å². The van der Waals surface area contributed by atoms with Gasteiger partial charge in [0.05, 0.1) is 11.2 Å². The quantitative estimate of drug-likeness (QED) is 0.851. The third-order valence-corrected chi connectivity index (χ3v) is 2.61. The molecular formula is C11H13ClN4. The molecule has 0 unspecified atom stereocenters. The van der Waals surface area contributed by atoms with Crippen molar-refractivity contribution in [2.45, 2.75) is 12.8 Å². The summed E-state index contributed by atoms with van der Waals surface area (Å²) in [5.41, 5.74) is 12.9. The number of nitrogen functional groups attached to an aromatic ring is 1. The van der Waals surface area contributed by atoms with E-state index < -0.39 is 0 Å². The van der Waals surface area contributed by atoms with Gasteiger partial charge in [0.15, 0.2) is 0 Å². The fraction of sp³-hybridized carbons (Fsp3) is 0.273. The molecule has 0 aliphatic rings. The van der Waals surface area contributed by atoms with Crippen molar-refractivity contribution >= 4 is 28.5 Å². The Labute approximate surface area is 98.6 Å². The average Bonchev–Trinajstić information content (AvgIpc) is 2.26. The predicted molar refractivity (Wildman–Crippen MR) is 66.3 cm³/mol. The van der Waals surface area contributed by atoms with Gasteiger partial charge in [-0.1, -0.05) is 11.6 Å². The molecule has 4 nitrogen and oxygen atoms in total. The fourth-order valence-electron chi connectivity index (χ4n) is 1.64. The Morgan fingerprint density at radius 3 is 2.81 bits per heavy atom. The Kier molecular flexibility index (Phi) is 3.22. The molecule has 2 aromatic rings. The topological polar surface area (TPSA) is 77.8 Å². The van der Waals surface area contributed by atoms with E-state index in [0.29, 0.717) is 17.5 Å². The molecule has 0 saturated heterocycles. The van der Waals surface area contributed by atoms with Gasteiger partial charge in [0, 0.05) is 10.4 Å². The second-order valence-electron chi connectivity index (χ2n) is 3.58. The third kappa shape index (κ3) is 2.23. The second-order valence-corrected chi connectivity index (χ2v) is 4.02. The number of benzene rings is 1. The number of aryl methyl sites for hydroxylation is 1. The lowest BCUT2D eigenvalue weighted by atomic mass is 10.1. The van der Waals surface area contributed by atoms with Crippen LogP contribution in [0.15, 0.2) is 18.2 Å². The van der Waals surface area contributed by atoms with E-state index in [0.717, 1.165) is 29.4 Å². The zero-order chi connectivity index (χ0) is 11.5. The second kappa shape index (κ2) is 4.63. The smallest absolute Gasteiger partial charge is 0.220 e. The van der Waals surface area contributed by atoms with Gasteiger partial charge in [-0.15, -0.1) is 0 Å². The Bertz CT molecular complexity index is 513. The number of nitrogens with zero attached hydrogens (tertiary/aromatic N) is 2. The first-order valence-electron chi connectivity index (χ1n) is 5.12. The molecule has 84 valence electrons. The molecule has 0 atom stereocenters. The third-order valence-electron chi connectivity index (χ3n) is 2.37. The van der Waals surface area contributed by atoms with Crippen LogP contribution >= 0.6 is 11.6 Å². The molecule has 4 N–H and O–H groups in total. The Hall–Kier alpha value is -1.39. The summed E-state index contributed by atoms with van der Waals surface area (Å²) in [5, 5.41) is 1.63. The minimum atomic E-state index is 0.293. The minimum absolute atomic E-state index is 0.293. The molecule has 0 bridgehead atoms. The van der Waals surface area contributed by atoms with Crippen molar-refractivity contribution in [3.8, 4) is 0 Å². The van der Waals surface area contributed by atoms with E-state index >= 15 is 0 Å². The molecule has 1 aromatic heterocycles. The maximum Gasteiger partial charge on any atom is 0.220 e. The largest absolute Gasteiger partial charge is 0.368 e. The van der Waals surface area contributed by atoms with E-state index in [1.54, 1.807) is 6.07 Å². The molecule has 16 heavy (non-hydrogen) atoms. The molecule has 0 fully saturated rings. The summed E-state index contributed by atoms with van der Waals surface area (Å²) in [6.45, 7) is 0.631. The molecule has 0 saturated carbocycles. The first-order valence-corrected chi connectivity index (χ1v) is 5.50. The number of rotatable bonds is 3. The van der Waals surface area contributed by atoms with Gasteiger partial charge in [-0.05, 0) is 37.6 Å². The van der Waals surface area contributed by atoms with Gasteiger partial charge in [-0.3, -0.25) is 0 Å². The van der Waals surface area contributed by atoms with Crippen LogP contribution in [0.2, 0.25) is 5.02 Å². The minimum Gasteiger partial charge on any atom is -0.368 e. The summed E-state index contributed by atoms with van der Waals surface area (Å²) in [5.74, 6) is 0.293. The molecule has 5 heteroatoms. The number of fused-ring (bicyclic) bond motifs is 1. The van der Waals surface area contributed by atoms with Crippen molar-refractivity contribution < 1.29 is 0 Å². The summed E-state index contributed by atoms with van der Waals surface area (Å²) >= 11 is 5.95. The van der Waals surface area contributed by atoms with Gasteiger partial charge in [0.25, 0.3) is 0 Å². The number of anilines is 1. The summed E-state index contributed by atoms with van der Waals surface area (Å²) in [6.07, 6.45) is 1.66. The van der Waals surface area contributed by atoms with Crippen molar-refractivity contribution in [2.75, 3.05) is 12.3 Å². The van der Waals surface area contributed by atoms with Crippen LogP contribution in [0.4, 0.5) is 5.95 Å². The fourth-order valence-corrected chi connectivity index (χ4v) is 1.82. The number of hydrogen-bond donors (Lipinski definition) is 2. The normalized spacial score (nSPS) is 10.9. The van der Waals surface area contributed by atoms with E-state index in [4.69, 9.17) is 23.1 Å². The monoisotopic (exact) mass is 236 g/mol. The van der Waals surface area contributed by atoms with E-state index in [1.165, 1.54) is 0 Å². The van der Waals surface area contributed by atoms with Crippen LogP contribution in [0, 0.1) is 0 Å². The number of hydrogen-bond acceptors (Lipinski definition) is 4. The highest BCUT2D eigenvalue weighted by atomic mass is 35.5. The standard InChI is InChI=1S/C11H13ClN4/c12-7-3-4-10-8(6-7)9(2-1-5-13)15-11(14)16-10/h3-4,6H,1-2,5,13H2,(H2,14,15,16). The van der Waals surface area contributed by atoms with E-state index in [9.17, 15) is 0 Å². The lowest BCUT2D eigenvalue weighted by Crippen LogP contribution is -2.05. The Morgan fingerprint density at radius 2 is 2.06 bits per heavy atom. The molecule has 0 amide bonds. The van der Waals surface area contributed by atoms with Gasteiger partial charge < -0.3 is 11.5 Å². The van der Waals surface area contributed by atoms with Crippen molar-refractivity contribution in [1.82, 2.24) is 9.97 Å². The Morgan fingerprint density at radius 1 is 1.25 bits per heavy atom. The van der Waals surface area contributed by atoms with Crippen molar-refractivity contribution in [3.05, 3.63) is 28.9 Å². The van der Waals surface area contributed by atoms with Crippen LogP contribution in [0.25, 0.3) is 10.9 Å². The molecule has 1 heterocycles. The highest BCUT2D eigenvalue weighted by Crippen LogP contribution is 2.22. The van der Waals surface area contributed by atoms with Crippen molar-refractivity contribution in [1.29, 1.82) is 0 Å². The van der Waals surface area contributed by atoms with Gasteiger partial charge in [-0.2, -0.15) is 0 Å². The molecule has 0 spiro atoms. The van der Waals surface area contributed by atoms with Crippen LogP contribution in [-0.2, 0) is 6.42 Å². The number of nitrogens with two attached hydrogens (primary N) is 2. The highest BCUT2D eigenvalue weighted by molar-refractivity contribution is 6.31. The van der Waals surface area contributed by atoms with Gasteiger partial charge in [-0.25, -0.2) is 9.97 Å². The SMILES string of the molecule is NCCCc1nc(N)nc2ccc(Cl)cc12. The van der Waals surface area contributed by atoms with Crippen LogP contribution in [-0.4, -0.2) is 16.5 Å². The molecule has 0 aliphatic carbocycles. The summed E-state index contributed by atoms with van der Waals surface area (Å²) in [4.78, 5) is 8.39. The van der Waals surface area contributed by atoms with Crippen LogP contribution < -0.4 is 11.5 Å². The predicted octanol–water partition coefficient (Wildman–Crippen LogP) is 1.76. The first-order chi connectivity index (χ1) is 7.70. The molecule has 0 radical (unpaired) electrons. The summed E-state index contributed by atoms with van der Waals surface area (Å²) < 4.78 is 0. The number of aromatic nitrogens is 2. The maximum atomic E-state index is 5.95. The summed E-state index contributed by atoms with van der Waals surface area (Å²) in [6, 6.07) is 5.51. The van der Waals surface area contributed by atoms with Crippen molar-refractivity contribution in [3.63, 3.8) is 0 Å². The molecule has 2 rings (SSSR count). The zero-order valence-electron chi connectivity index (χ0n) is 8.78. The highest BCUT2D eigenvalue weighted by Gasteiger charge is 2.06. The zero-order valence-corrected chi connectivity index (χ0v) is 9.54. The maximum absolute atomic E-state index is 5.95. The van der Waals surface area contributed by atoms with E-state index in [2.05, 4.69) is 9.97 Å². The van der Waals surface area contributed by atoms with Crippen LogP contribution in [0.3, 0.4) is 0 Å². The Balaban J connectivity index is 2.55. The molecule has 0 aliphatic heterocycles.